The molecule has 22 heavy (non-hydrogen) atoms. The maximum Gasteiger partial charge on any atom is 0.231 e. The van der Waals surface area contributed by atoms with Crippen molar-refractivity contribution in [1.29, 1.82) is 0 Å². The Morgan fingerprint density at radius 1 is 1.14 bits per heavy atom. The molecule has 0 saturated carbocycles. The first-order valence-electron chi connectivity index (χ1n) is 6.70. The fourth-order valence-corrected chi connectivity index (χ4v) is 2.83. The molecule has 0 bridgehead atoms. The average Bonchev–Trinajstić information content (AvgIpc) is 3.10. The maximum absolute atomic E-state index is 5.51. The lowest BCUT2D eigenvalue weighted by molar-refractivity contribution is 0.174. The molecule has 2 aromatic rings. The van der Waals surface area contributed by atoms with E-state index in [1.54, 1.807) is 6.21 Å². The zero-order valence-corrected chi connectivity index (χ0v) is 13.1. The van der Waals surface area contributed by atoms with Crippen LogP contribution in [0.5, 0.6) is 11.5 Å². The summed E-state index contributed by atoms with van der Waals surface area (Å²) in [4.78, 5) is 4.53. The predicted octanol–water partition coefficient (Wildman–Crippen LogP) is 4.24. The van der Waals surface area contributed by atoms with Crippen LogP contribution in [0.2, 0.25) is 0 Å². The van der Waals surface area contributed by atoms with E-state index in [1.807, 2.05) is 30.3 Å². The number of aliphatic imine (C=N–C) groups is 1. The first-order chi connectivity index (χ1) is 10.7. The summed E-state index contributed by atoms with van der Waals surface area (Å²) in [6, 6.07) is 9.67. The van der Waals surface area contributed by atoms with E-state index in [0.717, 1.165) is 38.7 Å². The van der Waals surface area contributed by atoms with Crippen molar-refractivity contribution in [2.45, 2.75) is 0 Å². The molecule has 0 amide bonds. The van der Waals surface area contributed by atoms with Crippen molar-refractivity contribution >= 4 is 39.2 Å². The van der Waals surface area contributed by atoms with Gasteiger partial charge in [-0.2, -0.15) is 0 Å². The second-order valence-electron chi connectivity index (χ2n) is 4.91. The van der Waals surface area contributed by atoms with Gasteiger partial charge in [0.2, 0.25) is 6.79 Å². The second kappa shape index (κ2) is 5.06. The molecule has 6 heteroatoms. The van der Waals surface area contributed by atoms with Crippen LogP contribution >= 0.6 is 15.9 Å². The molecule has 0 saturated heterocycles. The van der Waals surface area contributed by atoms with E-state index in [1.165, 1.54) is 0 Å². The van der Waals surface area contributed by atoms with Gasteiger partial charge in [0.05, 0.1) is 22.6 Å². The van der Waals surface area contributed by atoms with Crippen LogP contribution in [0.15, 0.2) is 52.2 Å². The number of halogens is 1. The van der Waals surface area contributed by atoms with Gasteiger partial charge < -0.3 is 20.1 Å². The first-order valence-corrected chi connectivity index (χ1v) is 7.49. The van der Waals surface area contributed by atoms with Gasteiger partial charge in [0, 0.05) is 10.7 Å². The number of nitrogens with zero attached hydrogens (tertiary/aromatic N) is 1. The third kappa shape index (κ3) is 2.21. The normalized spacial score (nSPS) is 14.9. The Balaban J connectivity index is 1.67. The van der Waals surface area contributed by atoms with Crippen LogP contribution < -0.4 is 20.1 Å². The Morgan fingerprint density at radius 3 is 2.91 bits per heavy atom. The smallest absolute Gasteiger partial charge is 0.231 e. The number of nitrogens with one attached hydrogen (secondary N) is 2. The van der Waals surface area contributed by atoms with Crippen LogP contribution in [0, 0.1) is 0 Å². The van der Waals surface area contributed by atoms with Crippen molar-refractivity contribution in [2.24, 2.45) is 4.99 Å². The van der Waals surface area contributed by atoms with Crippen LogP contribution in [-0.2, 0) is 0 Å². The van der Waals surface area contributed by atoms with Gasteiger partial charge in [-0.3, -0.25) is 4.99 Å². The molecule has 0 aliphatic carbocycles. The lowest BCUT2D eigenvalue weighted by atomic mass is 10.2. The van der Waals surface area contributed by atoms with E-state index in [-0.39, 0.29) is 6.79 Å². The standard InChI is InChI=1S/C16H12BrN3O2/c1-9-19-13-4-2-10(6-14(13)20-9)18-7-11-12(17)3-5-15-16(11)22-8-21-15/h2-7,19-20H,1,8H2/b18-7+. The minimum atomic E-state index is 0.239. The summed E-state index contributed by atoms with van der Waals surface area (Å²) in [5.74, 6) is 2.22. The van der Waals surface area contributed by atoms with E-state index >= 15 is 0 Å². The lowest BCUT2D eigenvalue weighted by Gasteiger charge is -2.04. The third-order valence-corrected chi connectivity index (χ3v) is 4.13. The molecule has 2 heterocycles. The van der Waals surface area contributed by atoms with E-state index in [4.69, 9.17) is 9.47 Å². The van der Waals surface area contributed by atoms with Gasteiger partial charge in [0.15, 0.2) is 11.5 Å². The Morgan fingerprint density at radius 2 is 2.00 bits per heavy atom. The zero-order chi connectivity index (χ0) is 15.1. The molecular weight excluding hydrogens is 346 g/mol. The fraction of sp³-hybridized carbons (Fsp3) is 0.0625. The molecule has 2 aromatic carbocycles. The molecule has 2 aliphatic rings. The predicted molar refractivity (Wildman–Crippen MR) is 90.3 cm³/mol. The van der Waals surface area contributed by atoms with Gasteiger partial charge in [0.1, 0.15) is 5.82 Å². The number of fused-ring (bicyclic) bond motifs is 2. The van der Waals surface area contributed by atoms with Gasteiger partial charge >= 0.3 is 0 Å². The first kappa shape index (κ1) is 13.2. The van der Waals surface area contributed by atoms with Gasteiger partial charge in [-0.15, -0.1) is 0 Å². The number of benzene rings is 2. The van der Waals surface area contributed by atoms with Crippen molar-refractivity contribution in [3.63, 3.8) is 0 Å². The molecule has 0 atom stereocenters. The summed E-state index contributed by atoms with van der Waals surface area (Å²) in [6.45, 7) is 4.09. The highest BCUT2D eigenvalue weighted by Gasteiger charge is 2.19. The minimum Gasteiger partial charge on any atom is -0.454 e. The molecule has 2 N–H and O–H groups in total. The number of hydrogen-bond donors (Lipinski definition) is 2. The zero-order valence-electron chi connectivity index (χ0n) is 11.5. The Kier molecular flexibility index (Phi) is 3.04. The average molecular weight is 358 g/mol. The molecule has 0 fully saturated rings. The number of rotatable bonds is 2. The monoisotopic (exact) mass is 357 g/mol. The van der Waals surface area contributed by atoms with E-state index in [0.29, 0.717) is 5.75 Å². The minimum absolute atomic E-state index is 0.239. The highest BCUT2D eigenvalue weighted by Crippen LogP contribution is 2.39. The topological polar surface area (TPSA) is 54.9 Å². The molecule has 4 rings (SSSR count). The summed E-state index contributed by atoms with van der Waals surface area (Å²) >= 11 is 3.52. The van der Waals surface area contributed by atoms with Crippen LogP contribution in [0.1, 0.15) is 5.56 Å². The van der Waals surface area contributed by atoms with Crippen molar-refractivity contribution < 1.29 is 9.47 Å². The quantitative estimate of drug-likeness (QED) is 0.789. The van der Waals surface area contributed by atoms with Crippen LogP contribution in [0.25, 0.3) is 0 Å². The molecule has 0 unspecified atom stereocenters. The van der Waals surface area contributed by atoms with E-state index in [9.17, 15) is 0 Å². The number of anilines is 2. The molecule has 0 spiro atoms. The summed E-state index contributed by atoms with van der Waals surface area (Å²) in [5.41, 5.74) is 3.68. The van der Waals surface area contributed by atoms with Crippen LogP contribution in [0.4, 0.5) is 17.1 Å². The summed E-state index contributed by atoms with van der Waals surface area (Å²) in [7, 11) is 0. The largest absolute Gasteiger partial charge is 0.454 e. The van der Waals surface area contributed by atoms with Crippen LogP contribution in [-0.4, -0.2) is 13.0 Å². The maximum atomic E-state index is 5.51. The number of hydrogen-bond acceptors (Lipinski definition) is 5. The fourth-order valence-electron chi connectivity index (χ4n) is 2.41. The summed E-state index contributed by atoms with van der Waals surface area (Å²) in [5, 5.41) is 6.30. The van der Waals surface area contributed by atoms with Crippen molar-refractivity contribution in [1.82, 2.24) is 0 Å². The van der Waals surface area contributed by atoms with E-state index < -0.39 is 0 Å². The van der Waals surface area contributed by atoms with Gasteiger partial charge in [0.25, 0.3) is 0 Å². The number of ether oxygens (including phenoxy) is 2. The second-order valence-corrected chi connectivity index (χ2v) is 5.77. The molecule has 110 valence electrons. The van der Waals surface area contributed by atoms with Crippen molar-refractivity contribution in [2.75, 3.05) is 17.4 Å². The Labute approximate surface area is 135 Å². The summed E-state index contributed by atoms with van der Waals surface area (Å²) < 4.78 is 11.8. The van der Waals surface area contributed by atoms with Gasteiger partial charge in [-0.05, 0) is 46.3 Å². The molecular formula is C16H12BrN3O2. The van der Waals surface area contributed by atoms with Crippen molar-refractivity contribution in [3.8, 4) is 11.5 Å². The molecule has 0 aromatic heterocycles. The molecule has 0 radical (unpaired) electrons. The van der Waals surface area contributed by atoms with Gasteiger partial charge in [-0.1, -0.05) is 6.58 Å². The highest BCUT2D eigenvalue weighted by molar-refractivity contribution is 9.10. The SMILES string of the molecule is C=C1Nc2ccc(/N=C/c3c(Br)ccc4c3OCO4)cc2N1. The Bertz CT molecular complexity index is 817. The van der Waals surface area contributed by atoms with E-state index in [2.05, 4.69) is 38.1 Å². The van der Waals surface area contributed by atoms with Crippen molar-refractivity contribution in [3.05, 3.63) is 52.8 Å². The van der Waals surface area contributed by atoms with Gasteiger partial charge in [-0.25, -0.2) is 0 Å². The lowest BCUT2D eigenvalue weighted by Crippen LogP contribution is -1.94. The summed E-state index contributed by atoms with van der Waals surface area (Å²) in [6.07, 6.45) is 1.77. The van der Waals surface area contributed by atoms with Crippen LogP contribution in [0.3, 0.4) is 0 Å². The third-order valence-electron chi connectivity index (χ3n) is 3.44. The highest BCUT2D eigenvalue weighted by atomic mass is 79.9. The Hall–Kier alpha value is -2.47. The molecule has 2 aliphatic heterocycles. The molecule has 5 nitrogen and oxygen atoms in total.